The van der Waals surface area contributed by atoms with E-state index in [2.05, 4.69) is 10.6 Å². The van der Waals surface area contributed by atoms with E-state index in [9.17, 15) is 4.79 Å². The Morgan fingerprint density at radius 1 is 1.00 bits per heavy atom. The molecule has 0 spiro atoms. The zero-order chi connectivity index (χ0) is 18.9. The molecule has 0 saturated heterocycles. The normalized spacial score (nSPS) is 10.3. The summed E-state index contributed by atoms with van der Waals surface area (Å²) >= 11 is 0. The van der Waals surface area contributed by atoms with Gasteiger partial charge in [-0.15, -0.1) is 0 Å². The highest BCUT2D eigenvalue weighted by Gasteiger charge is 2.06. The van der Waals surface area contributed by atoms with Gasteiger partial charge in [-0.1, -0.05) is 6.07 Å². The number of rotatable bonds is 8. The number of carbonyl (C=O) groups excluding carboxylic acids is 1. The van der Waals surface area contributed by atoms with E-state index < -0.39 is 0 Å². The average molecular weight is 358 g/mol. The van der Waals surface area contributed by atoms with Crippen molar-refractivity contribution in [2.75, 3.05) is 26.1 Å². The molecule has 0 saturated carbocycles. The minimum Gasteiger partial charge on any atom is -0.493 e. The van der Waals surface area contributed by atoms with Crippen LogP contribution in [-0.2, 0) is 6.42 Å². The molecule has 0 unspecified atom stereocenters. The molecular weight excluding hydrogens is 332 g/mol. The molecule has 0 aliphatic heterocycles. The Bertz CT molecular complexity index is 714. The van der Waals surface area contributed by atoms with Crippen molar-refractivity contribution >= 4 is 11.7 Å². The van der Waals surface area contributed by atoms with E-state index in [-0.39, 0.29) is 12.1 Å². The second-order valence-electron chi connectivity index (χ2n) is 6.01. The zero-order valence-electron chi connectivity index (χ0n) is 15.7. The van der Waals surface area contributed by atoms with Gasteiger partial charge >= 0.3 is 6.03 Å². The van der Waals surface area contributed by atoms with Crippen LogP contribution in [0.25, 0.3) is 0 Å². The molecule has 0 bridgehead atoms. The molecule has 2 rings (SSSR count). The monoisotopic (exact) mass is 358 g/mol. The largest absolute Gasteiger partial charge is 0.493 e. The highest BCUT2D eigenvalue weighted by atomic mass is 16.5. The maximum absolute atomic E-state index is 12.0. The van der Waals surface area contributed by atoms with Crippen LogP contribution in [0, 0.1) is 0 Å². The second-order valence-corrected chi connectivity index (χ2v) is 6.01. The number of hydrogen-bond acceptors (Lipinski definition) is 4. The van der Waals surface area contributed by atoms with E-state index >= 15 is 0 Å². The second kappa shape index (κ2) is 9.56. The fraction of sp³-hybridized carbons (Fsp3) is 0.350. The molecule has 0 heterocycles. The lowest BCUT2D eigenvalue weighted by atomic mass is 10.1. The van der Waals surface area contributed by atoms with Crippen molar-refractivity contribution in [3.8, 4) is 17.2 Å². The molecule has 0 fully saturated rings. The van der Waals surface area contributed by atoms with Crippen LogP contribution in [0.5, 0.6) is 17.2 Å². The number of ether oxygens (including phenoxy) is 3. The highest BCUT2D eigenvalue weighted by Crippen LogP contribution is 2.27. The third-order valence-corrected chi connectivity index (χ3v) is 3.63. The third kappa shape index (κ3) is 5.88. The maximum atomic E-state index is 12.0. The first-order valence-corrected chi connectivity index (χ1v) is 8.54. The molecule has 0 aliphatic rings. The van der Waals surface area contributed by atoms with Crippen LogP contribution in [0.2, 0.25) is 0 Å². The Balaban J connectivity index is 1.80. The summed E-state index contributed by atoms with van der Waals surface area (Å²) in [5.74, 6) is 2.14. The topological polar surface area (TPSA) is 68.8 Å². The van der Waals surface area contributed by atoms with Gasteiger partial charge in [0.15, 0.2) is 11.5 Å². The lowest BCUT2D eigenvalue weighted by molar-refractivity contribution is 0.242. The number of carbonyl (C=O) groups is 1. The lowest BCUT2D eigenvalue weighted by Gasteiger charge is -2.12. The minimum atomic E-state index is -0.247. The Hall–Kier alpha value is -2.89. The van der Waals surface area contributed by atoms with Crippen LogP contribution in [-0.4, -0.2) is 32.9 Å². The Morgan fingerprint density at radius 3 is 2.31 bits per heavy atom. The van der Waals surface area contributed by atoms with Gasteiger partial charge in [-0.2, -0.15) is 0 Å². The predicted octanol–water partition coefficient (Wildman–Crippen LogP) is 3.86. The smallest absolute Gasteiger partial charge is 0.319 e. The third-order valence-electron chi connectivity index (χ3n) is 3.63. The quantitative estimate of drug-likeness (QED) is 0.752. The molecule has 140 valence electrons. The van der Waals surface area contributed by atoms with Gasteiger partial charge in [-0.25, -0.2) is 4.79 Å². The van der Waals surface area contributed by atoms with Gasteiger partial charge in [0.2, 0.25) is 0 Å². The summed E-state index contributed by atoms with van der Waals surface area (Å²) in [5, 5.41) is 5.64. The van der Waals surface area contributed by atoms with Crippen LogP contribution in [0.3, 0.4) is 0 Å². The SMILES string of the molecule is COc1ccc(CCNC(=O)Nc2ccc(OC(C)C)cc2)cc1OC. The first-order valence-electron chi connectivity index (χ1n) is 8.54. The molecule has 0 aromatic heterocycles. The van der Waals surface area contributed by atoms with Crippen molar-refractivity contribution in [3.05, 3.63) is 48.0 Å². The summed E-state index contributed by atoms with van der Waals surface area (Å²) in [4.78, 5) is 12.0. The van der Waals surface area contributed by atoms with Crippen molar-refractivity contribution in [2.45, 2.75) is 26.4 Å². The molecule has 0 radical (unpaired) electrons. The van der Waals surface area contributed by atoms with E-state index in [0.717, 1.165) is 11.3 Å². The van der Waals surface area contributed by atoms with Gasteiger partial charge in [-0.3, -0.25) is 0 Å². The van der Waals surface area contributed by atoms with Crippen molar-refractivity contribution in [3.63, 3.8) is 0 Å². The summed E-state index contributed by atoms with van der Waals surface area (Å²) in [7, 11) is 3.20. The van der Waals surface area contributed by atoms with Crippen LogP contribution in [0.15, 0.2) is 42.5 Å². The number of benzene rings is 2. The molecule has 6 nitrogen and oxygen atoms in total. The number of urea groups is 1. The number of hydrogen-bond donors (Lipinski definition) is 2. The Kier molecular flexibility index (Phi) is 7.14. The summed E-state index contributed by atoms with van der Waals surface area (Å²) in [6.07, 6.45) is 0.809. The molecule has 0 aliphatic carbocycles. The van der Waals surface area contributed by atoms with Crippen molar-refractivity contribution < 1.29 is 19.0 Å². The van der Waals surface area contributed by atoms with Gasteiger partial charge in [0.1, 0.15) is 5.75 Å². The van der Waals surface area contributed by atoms with E-state index in [0.29, 0.717) is 30.2 Å². The summed E-state index contributed by atoms with van der Waals surface area (Å²) < 4.78 is 16.1. The number of amides is 2. The molecule has 0 atom stereocenters. The summed E-state index contributed by atoms with van der Waals surface area (Å²) in [5.41, 5.74) is 1.77. The fourth-order valence-corrected chi connectivity index (χ4v) is 2.42. The molecule has 2 N–H and O–H groups in total. The highest BCUT2D eigenvalue weighted by molar-refractivity contribution is 5.89. The van der Waals surface area contributed by atoms with E-state index in [1.54, 1.807) is 14.2 Å². The molecule has 2 aromatic carbocycles. The maximum Gasteiger partial charge on any atom is 0.319 e. The van der Waals surface area contributed by atoms with Crippen LogP contribution < -0.4 is 24.8 Å². The average Bonchev–Trinajstić information content (AvgIpc) is 2.62. The predicted molar refractivity (Wildman–Crippen MR) is 102 cm³/mol. The molecule has 2 amide bonds. The van der Waals surface area contributed by atoms with Crippen molar-refractivity contribution in [2.24, 2.45) is 0 Å². The fourth-order valence-electron chi connectivity index (χ4n) is 2.42. The molecular formula is C20H26N2O4. The lowest BCUT2D eigenvalue weighted by Crippen LogP contribution is -2.30. The number of methoxy groups -OCH3 is 2. The molecule has 2 aromatic rings. The van der Waals surface area contributed by atoms with Gasteiger partial charge in [0.05, 0.1) is 20.3 Å². The van der Waals surface area contributed by atoms with Crippen molar-refractivity contribution in [1.82, 2.24) is 5.32 Å². The summed E-state index contributed by atoms with van der Waals surface area (Å²) in [6, 6.07) is 12.8. The first-order chi connectivity index (χ1) is 12.5. The zero-order valence-corrected chi connectivity index (χ0v) is 15.7. The summed E-state index contributed by atoms with van der Waals surface area (Å²) in [6.45, 7) is 4.45. The van der Waals surface area contributed by atoms with E-state index in [1.807, 2.05) is 56.3 Å². The van der Waals surface area contributed by atoms with Crippen LogP contribution in [0.4, 0.5) is 10.5 Å². The van der Waals surface area contributed by atoms with E-state index in [4.69, 9.17) is 14.2 Å². The number of anilines is 1. The first kappa shape index (κ1) is 19.4. The minimum absolute atomic E-state index is 0.119. The van der Waals surface area contributed by atoms with Gasteiger partial charge in [0.25, 0.3) is 0 Å². The standard InChI is InChI=1S/C20H26N2O4/c1-14(2)26-17-8-6-16(7-9-17)22-20(23)21-12-11-15-5-10-18(24-3)19(13-15)25-4/h5-10,13-14H,11-12H2,1-4H3,(H2,21,22,23). The van der Waals surface area contributed by atoms with Crippen molar-refractivity contribution in [1.29, 1.82) is 0 Å². The molecule has 26 heavy (non-hydrogen) atoms. The van der Waals surface area contributed by atoms with Crippen LogP contribution >= 0.6 is 0 Å². The Labute approximate surface area is 154 Å². The van der Waals surface area contributed by atoms with Gasteiger partial charge in [0, 0.05) is 12.2 Å². The van der Waals surface area contributed by atoms with Gasteiger partial charge < -0.3 is 24.8 Å². The van der Waals surface area contributed by atoms with Crippen LogP contribution in [0.1, 0.15) is 19.4 Å². The molecule has 6 heteroatoms. The number of nitrogens with one attached hydrogen (secondary N) is 2. The Morgan fingerprint density at radius 2 is 1.69 bits per heavy atom. The van der Waals surface area contributed by atoms with Gasteiger partial charge in [-0.05, 0) is 62.2 Å². The van der Waals surface area contributed by atoms with E-state index in [1.165, 1.54) is 0 Å².